The molecule has 6 aromatic carbocycles. The number of nitrogens with zero attached hydrogens (tertiary/aromatic N) is 3. The minimum Gasteiger partial charge on any atom is -0.454 e. The second kappa shape index (κ2) is 12.0. The van der Waals surface area contributed by atoms with Crippen LogP contribution >= 0.6 is 0 Å². The number of fused-ring (bicyclic) bond motifs is 6. The van der Waals surface area contributed by atoms with Gasteiger partial charge < -0.3 is 13.7 Å². The van der Waals surface area contributed by atoms with Gasteiger partial charge in [0.15, 0.2) is 17.0 Å². The number of hydrogen-bond acceptors (Lipinski definition) is 5. The molecule has 0 radical (unpaired) electrons. The summed E-state index contributed by atoms with van der Waals surface area (Å²) in [5.74, 6) is 0.655. The number of hydrogen-bond donors (Lipinski definition) is 0. The van der Waals surface area contributed by atoms with Crippen LogP contribution in [0, 0.1) is 0 Å². The molecule has 10 rings (SSSR count). The molecule has 0 amide bonds. The average molecular weight is 658 g/mol. The Kier molecular flexibility index (Phi) is 6.88. The van der Waals surface area contributed by atoms with Crippen molar-refractivity contribution in [2.45, 2.75) is 12.8 Å². The summed E-state index contributed by atoms with van der Waals surface area (Å²) in [6.07, 6.45) is 8.54. The zero-order chi connectivity index (χ0) is 33.7. The van der Waals surface area contributed by atoms with Crippen molar-refractivity contribution in [1.29, 1.82) is 0 Å². The van der Waals surface area contributed by atoms with Crippen LogP contribution in [0.5, 0.6) is 0 Å². The van der Waals surface area contributed by atoms with Crippen LogP contribution in [0.15, 0.2) is 178 Å². The Labute approximate surface area is 294 Å². The molecule has 0 N–H and O–H groups in total. The van der Waals surface area contributed by atoms with Gasteiger partial charge in [-0.05, 0) is 66.4 Å². The molecule has 5 heteroatoms. The second-order valence-corrected chi connectivity index (χ2v) is 12.8. The van der Waals surface area contributed by atoms with Gasteiger partial charge in [0.1, 0.15) is 22.4 Å². The van der Waals surface area contributed by atoms with E-state index in [9.17, 15) is 0 Å². The zero-order valence-electron chi connectivity index (χ0n) is 27.7. The number of para-hydroxylation sites is 3. The van der Waals surface area contributed by atoms with E-state index >= 15 is 0 Å². The molecule has 51 heavy (non-hydrogen) atoms. The fraction of sp³-hybridized carbons (Fsp3) is 0.0435. The van der Waals surface area contributed by atoms with Crippen molar-refractivity contribution in [3.05, 3.63) is 170 Å². The van der Waals surface area contributed by atoms with E-state index in [1.807, 2.05) is 42.5 Å². The van der Waals surface area contributed by atoms with Crippen molar-refractivity contribution < 1.29 is 8.83 Å². The van der Waals surface area contributed by atoms with Crippen molar-refractivity contribution in [3.8, 4) is 33.8 Å². The van der Waals surface area contributed by atoms with Crippen LogP contribution in [0.2, 0.25) is 0 Å². The van der Waals surface area contributed by atoms with E-state index in [4.69, 9.17) is 18.8 Å². The predicted molar refractivity (Wildman–Crippen MR) is 208 cm³/mol. The van der Waals surface area contributed by atoms with E-state index in [0.29, 0.717) is 11.4 Å². The number of benzene rings is 6. The molecule has 0 saturated heterocycles. The Morgan fingerprint density at radius 2 is 1.22 bits per heavy atom. The van der Waals surface area contributed by atoms with Crippen LogP contribution in [0.3, 0.4) is 0 Å². The summed E-state index contributed by atoms with van der Waals surface area (Å²) in [4.78, 5) is 12.5. The summed E-state index contributed by atoms with van der Waals surface area (Å²) in [6.45, 7) is 0. The van der Waals surface area contributed by atoms with Gasteiger partial charge in [-0.15, -0.1) is 0 Å². The maximum Gasteiger partial charge on any atom is 0.180 e. The van der Waals surface area contributed by atoms with Gasteiger partial charge in [-0.3, -0.25) is 0 Å². The third-order valence-corrected chi connectivity index (χ3v) is 9.76. The van der Waals surface area contributed by atoms with E-state index in [1.165, 1.54) is 5.70 Å². The summed E-state index contributed by atoms with van der Waals surface area (Å²) >= 11 is 0. The molecule has 0 bridgehead atoms. The normalized spacial score (nSPS) is 13.0. The van der Waals surface area contributed by atoms with Gasteiger partial charge in [0.05, 0.1) is 5.69 Å². The molecule has 0 saturated carbocycles. The van der Waals surface area contributed by atoms with E-state index in [0.717, 1.165) is 90.6 Å². The molecule has 0 spiro atoms. The lowest BCUT2D eigenvalue weighted by molar-refractivity contribution is 0.667. The molecule has 0 unspecified atom stereocenters. The fourth-order valence-corrected chi connectivity index (χ4v) is 7.35. The first-order chi connectivity index (χ1) is 25.3. The fourth-order valence-electron chi connectivity index (χ4n) is 7.35. The number of allylic oxidation sites excluding steroid dienone is 4. The van der Waals surface area contributed by atoms with Crippen LogP contribution in [-0.4, -0.2) is 9.97 Å². The Bertz CT molecular complexity index is 2790. The molecule has 0 aliphatic heterocycles. The molecule has 5 nitrogen and oxygen atoms in total. The molecule has 0 fully saturated rings. The van der Waals surface area contributed by atoms with Crippen molar-refractivity contribution in [1.82, 2.24) is 9.97 Å². The highest BCUT2D eigenvalue weighted by Crippen LogP contribution is 2.45. The Morgan fingerprint density at radius 3 is 1.98 bits per heavy atom. The van der Waals surface area contributed by atoms with Crippen molar-refractivity contribution >= 4 is 55.4 Å². The summed E-state index contributed by atoms with van der Waals surface area (Å²) in [5, 5.41) is 3.16. The van der Waals surface area contributed by atoms with Crippen LogP contribution in [0.4, 0.5) is 11.4 Å². The van der Waals surface area contributed by atoms with Gasteiger partial charge in [0, 0.05) is 38.7 Å². The van der Waals surface area contributed by atoms with Crippen LogP contribution < -0.4 is 4.90 Å². The number of furan rings is 2. The molecule has 9 aromatic rings. The van der Waals surface area contributed by atoms with Gasteiger partial charge >= 0.3 is 0 Å². The van der Waals surface area contributed by atoms with E-state index in [-0.39, 0.29) is 0 Å². The van der Waals surface area contributed by atoms with E-state index < -0.39 is 0 Å². The van der Waals surface area contributed by atoms with E-state index in [1.54, 1.807) is 0 Å². The minimum atomic E-state index is 0.655. The first-order valence-electron chi connectivity index (χ1n) is 17.3. The highest BCUT2D eigenvalue weighted by Gasteiger charge is 2.24. The Morgan fingerprint density at radius 1 is 0.549 bits per heavy atom. The lowest BCUT2D eigenvalue weighted by Crippen LogP contribution is -2.17. The standard InChI is InChI=1S/C46H31N3O2/c1-4-14-31(15-5-1)42-45-43(37-21-11-13-23-40(37)51-45)48-46(47-42)32-26-24-30(25-27-32)35-28-29-38(44-41(35)36-20-10-12-22-39(36)50-44)49(33-16-6-2-7-17-33)34-18-8-3-9-19-34/h1-8,10-18,20-29H,9,19H2. The maximum atomic E-state index is 6.74. The lowest BCUT2D eigenvalue weighted by Gasteiger charge is -2.29. The molecule has 0 atom stereocenters. The highest BCUT2D eigenvalue weighted by molar-refractivity contribution is 6.16. The molecule has 1 aliphatic carbocycles. The Balaban J connectivity index is 1.13. The molecular formula is C46H31N3O2. The SMILES string of the molecule is C1=CCCC(N(c2ccccc2)c2ccc(-c3ccc(-c4nc(-c5ccccc5)c5oc6ccccc6c5n4)cc3)c3c2oc2ccccc23)=C1. The molecule has 242 valence electrons. The number of aromatic nitrogens is 2. The third-order valence-electron chi connectivity index (χ3n) is 9.76. The zero-order valence-corrected chi connectivity index (χ0v) is 27.7. The molecule has 3 aromatic heterocycles. The summed E-state index contributed by atoms with van der Waals surface area (Å²) in [5.41, 5.74) is 12.3. The predicted octanol–water partition coefficient (Wildman–Crippen LogP) is 12.6. The summed E-state index contributed by atoms with van der Waals surface area (Å²) in [7, 11) is 0. The van der Waals surface area contributed by atoms with Crippen molar-refractivity contribution in [2.75, 3.05) is 4.90 Å². The largest absolute Gasteiger partial charge is 0.454 e. The van der Waals surface area contributed by atoms with Crippen LogP contribution in [-0.2, 0) is 0 Å². The number of anilines is 2. The third kappa shape index (κ3) is 4.93. The summed E-state index contributed by atoms with van der Waals surface area (Å²) < 4.78 is 13.1. The number of rotatable bonds is 6. The van der Waals surface area contributed by atoms with Gasteiger partial charge in [0.2, 0.25) is 0 Å². The van der Waals surface area contributed by atoms with Crippen molar-refractivity contribution in [3.63, 3.8) is 0 Å². The highest BCUT2D eigenvalue weighted by atomic mass is 16.3. The van der Waals surface area contributed by atoms with Crippen molar-refractivity contribution in [2.24, 2.45) is 0 Å². The molecule has 1 aliphatic rings. The minimum absolute atomic E-state index is 0.655. The monoisotopic (exact) mass is 657 g/mol. The smallest absolute Gasteiger partial charge is 0.180 e. The van der Waals surface area contributed by atoms with Gasteiger partial charge in [-0.1, -0.05) is 121 Å². The molecular weight excluding hydrogens is 627 g/mol. The first kappa shape index (κ1) is 29.2. The maximum absolute atomic E-state index is 6.74. The van der Waals surface area contributed by atoms with Gasteiger partial charge in [-0.25, -0.2) is 9.97 Å². The van der Waals surface area contributed by atoms with Gasteiger partial charge in [0.25, 0.3) is 0 Å². The Hall–Kier alpha value is -6.72. The van der Waals surface area contributed by atoms with Gasteiger partial charge in [-0.2, -0.15) is 0 Å². The second-order valence-electron chi connectivity index (χ2n) is 12.8. The quantitative estimate of drug-likeness (QED) is 0.178. The van der Waals surface area contributed by atoms with Crippen LogP contribution in [0.1, 0.15) is 12.8 Å². The average Bonchev–Trinajstić information content (AvgIpc) is 3.78. The molecule has 3 heterocycles. The van der Waals surface area contributed by atoms with Crippen LogP contribution in [0.25, 0.3) is 77.8 Å². The lowest BCUT2D eigenvalue weighted by atomic mass is 9.97. The first-order valence-corrected chi connectivity index (χ1v) is 17.3. The topological polar surface area (TPSA) is 55.3 Å². The van der Waals surface area contributed by atoms with E-state index in [2.05, 4.69) is 126 Å². The summed E-state index contributed by atoms with van der Waals surface area (Å²) in [6, 6.07) is 50.1.